The Hall–Kier alpha value is -2.67. The number of piperidine rings is 1. The molecule has 2 aliphatic heterocycles. The SMILES string of the molecule is O=C1NCCN1C1CCCN(c2nc(-c3cccs3)nc3ccccc23)C1. The molecule has 2 amide bonds. The monoisotopic (exact) mass is 379 g/mol. The summed E-state index contributed by atoms with van der Waals surface area (Å²) in [4.78, 5) is 27.2. The molecule has 1 aromatic carbocycles. The number of hydrogen-bond acceptors (Lipinski definition) is 5. The number of rotatable bonds is 3. The normalized spacial score (nSPS) is 20.3. The van der Waals surface area contributed by atoms with Crippen LogP contribution in [0.25, 0.3) is 21.6 Å². The summed E-state index contributed by atoms with van der Waals surface area (Å²) in [6.07, 6.45) is 2.10. The molecule has 4 heterocycles. The lowest BCUT2D eigenvalue weighted by atomic mass is 10.0. The molecule has 3 aromatic rings. The van der Waals surface area contributed by atoms with Crippen molar-refractivity contribution < 1.29 is 4.79 Å². The van der Waals surface area contributed by atoms with Crippen LogP contribution in [0.2, 0.25) is 0 Å². The third-order valence-electron chi connectivity index (χ3n) is 5.35. The van der Waals surface area contributed by atoms with Crippen LogP contribution < -0.4 is 10.2 Å². The fourth-order valence-corrected chi connectivity index (χ4v) is 4.71. The molecule has 0 bridgehead atoms. The van der Waals surface area contributed by atoms with Gasteiger partial charge >= 0.3 is 6.03 Å². The zero-order valence-corrected chi connectivity index (χ0v) is 15.8. The number of fused-ring (bicyclic) bond motifs is 1. The van der Waals surface area contributed by atoms with E-state index in [4.69, 9.17) is 9.97 Å². The van der Waals surface area contributed by atoms with Gasteiger partial charge < -0.3 is 15.1 Å². The topological polar surface area (TPSA) is 61.4 Å². The van der Waals surface area contributed by atoms with Gasteiger partial charge in [0.15, 0.2) is 5.82 Å². The molecule has 0 radical (unpaired) electrons. The summed E-state index contributed by atoms with van der Waals surface area (Å²) in [5.74, 6) is 1.76. The van der Waals surface area contributed by atoms with Crippen molar-refractivity contribution in [2.45, 2.75) is 18.9 Å². The second-order valence-corrected chi connectivity index (χ2v) is 7.98. The highest BCUT2D eigenvalue weighted by Crippen LogP contribution is 2.31. The van der Waals surface area contributed by atoms with Crippen LogP contribution in [-0.4, -0.2) is 53.1 Å². The molecule has 2 saturated heterocycles. The fourth-order valence-electron chi connectivity index (χ4n) is 4.05. The van der Waals surface area contributed by atoms with Crippen LogP contribution in [0.5, 0.6) is 0 Å². The third-order valence-corrected chi connectivity index (χ3v) is 6.22. The van der Waals surface area contributed by atoms with Gasteiger partial charge in [-0.05, 0) is 36.4 Å². The van der Waals surface area contributed by atoms with Crippen LogP contribution in [0.3, 0.4) is 0 Å². The molecule has 2 aliphatic rings. The zero-order chi connectivity index (χ0) is 18.2. The maximum absolute atomic E-state index is 12.1. The number of amides is 2. The number of urea groups is 1. The summed E-state index contributed by atoms with van der Waals surface area (Å²) in [5.41, 5.74) is 0.965. The maximum Gasteiger partial charge on any atom is 0.317 e. The predicted molar refractivity (Wildman–Crippen MR) is 108 cm³/mol. The Bertz CT molecular complexity index is 974. The van der Waals surface area contributed by atoms with Crippen molar-refractivity contribution in [1.29, 1.82) is 0 Å². The predicted octanol–water partition coefficient (Wildman–Crippen LogP) is 3.35. The van der Waals surface area contributed by atoms with Crippen molar-refractivity contribution in [3.63, 3.8) is 0 Å². The molecule has 1 unspecified atom stereocenters. The first-order chi connectivity index (χ1) is 13.3. The minimum Gasteiger partial charge on any atom is -0.354 e. The van der Waals surface area contributed by atoms with Gasteiger partial charge in [-0.15, -0.1) is 11.3 Å². The van der Waals surface area contributed by atoms with Crippen LogP contribution >= 0.6 is 11.3 Å². The molecule has 0 aliphatic carbocycles. The van der Waals surface area contributed by atoms with Crippen molar-refractivity contribution in [1.82, 2.24) is 20.2 Å². The van der Waals surface area contributed by atoms with Gasteiger partial charge in [0.05, 0.1) is 16.4 Å². The quantitative estimate of drug-likeness (QED) is 0.758. The second-order valence-electron chi connectivity index (χ2n) is 7.03. The minimum absolute atomic E-state index is 0.0636. The van der Waals surface area contributed by atoms with Gasteiger partial charge in [0, 0.05) is 31.6 Å². The van der Waals surface area contributed by atoms with Crippen molar-refractivity contribution in [3.05, 3.63) is 41.8 Å². The van der Waals surface area contributed by atoms with Crippen molar-refractivity contribution >= 4 is 34.1 Å². The number of nitrogens with one attached hydrogen (secondary N) is 1. The molecule has 0 spiro atoms. The fraction of sp³-hybridized carbons (Fsp3) is 0.350. The number of benzene rings is 1. The van der Waals surface area contributed by atoms with Gasteiger partial charge in [-0.1, -0.05) is 18.2 Å². The van der Waals surface area contributed by atoms with Gasteiger partial charge in [0.25, 0.3) is 0 Å². The summed E-state index contributed by atoms with van der Waals surface area (Å²) in [7, 11) is 0. The molecule has 27 heavy (non-hydrogen) atoms. The van der Waals surface area contributed by atoms with E-state index in [1.165, 1.54) is 0 Å². The molecular weight excluding hydrogens is 358 g/mol. The Morgan fingerprint density at radius 3 is 2.85 bits per heavy atom. The van der Waals surface area contributed by atoms with Crippen LogP contribution in [-0.2, 0) is 0 Å². The van der Waals surface area contributed by atoms with Crippen molar-refractivity contribution in [3.8, 4) is 10.7 Å². The minimum atomic E-state index is 0.0636. The van der Waals surface area contributed by atoms with Crippen LogP contribution in [0, 0.1) is 0 Å². The molecule has 138 valence electrons. The molecule has 0 saturated carbocycles. The van der Waals surface area contributed by atoms with E-state index in [1.807, 2.05) is 29.2 Å². The average Bonchev–Trinajstić information content (AvgIpc) is 3.39. The van der Waals surface area contributed by atoms with Gasteiger partial charge in [0.2, 0.25) is 0 Å². The van der Waals surface area contributed by atoms with E-state index >= 15 is 0 Å². The Morgan fingerprint density at radius 1 is 1.11 bits per heavy atom. The molecular formula is C20H21N5OS. The zero-order valence-electron chi connectivity index (χ0n) is 15.0. The lowest BCUT2D eigenvalue weighted by molar-refractivity contribution is 0.189. The first-order valence-electron chi connectivity index (χ1n) is 9.40. The maximum atomic E-state index is 12.1. The number of carbonyl (C=O) groups excluding carboxylic acids is 1. The first kappa shape index (κ1) is 16.5. The van der Waals surface area contributed by atoms with E-state index in [0.717, 1.165) is 66.4 Å². The summed E-state index contributed by atoms with van der Waals surface area (Å²) in [6, 6.07) is 12.6. The highest BCUT2D eigenvalue weighted by Gasteiger charge is 2.32. The van der Waals surface area contributed by atoms with E-state index in [9.17, 15) is 4.79 Å². The summed E-state index contributed by atoms with van der Waals surface area (Å²) >= 11 is 1.66. The number of thiophene rings is 1. The van der Waals surface area contributed by atoms with Gasteiger partial charge in [-0.2, -0.15) is 0 Å². The largest absolute Gasteiger partial charge is 0.354 e. The van der Waals surface area contributed by atoms with Gasteiger partial charge in [0.1, 0.15) is 5.82 Å². The summed E-state index contributed by atoms with van der Waals surface area (Å²) in [6.45, 7) is 3.31. The number of carbonyl (C=O) groups is 1. The van der Waals surface area contributed by atoms with E-state index in [1.54, 1.807) is 11.3 Å². The van der Waals surface area contributed by atoms with Gasteiger partial charge in [-0.3, -0.25) is 0 Å². The average molecular weight is 379 g/mol. The Balaban J connectivity index is 1.54. The van der Waals surface area contributed by atoms with Crippen LogP contribution in [0.15, 0.2) is 41.8 Å². The number of anilines is 1. The first-order valence-corrected chi connectivity index (χ1v) is 10.3. The molecule has 6 nitrogen and oxygen atoms in total. The summed E-state index contributed by atoms with van der Waals surface area (Å²) in [5, 5.41) is 6.05. The molecule has 5 rings (SSSR count). The van der Waals surface area contributed by atoms with Crippen molar-refractivity contribution in [2.24, 2.45) is 0 Å². The second kappa shape index (κ2) is 6.81. The van der Waals surface area contributed by atoms with E-state index in [-0.39, 0.29) is 12.1 Å². The molecule has 7 heteroatoms. The standard InChI is InChI=1S/C20H21N5OS/c26-20-21-9-11-25(20)14-5-3-10-24(13-14)19-15-6-1-2-7-16(15)22-18(23-19)17-8-4-12-27-17/h1-2,4,6-8,12,14H,3,5,9-11,13H2,(H,21,26). The van der Waals surface area contributed by atoms with Gasteiger partial charge in [-0.25, -0.2) is 14.8 Å². The van der Waals surface area contributed by atoms with E-state index < -0.39 is 0 Å². The third kappa shape index (κ3) is 3.02. The van der Waals surface area contributed by atoms with E-state index in [0.29, 0.717) is 0 Å². The molecule has 2 aromatic heterocycles. The van der Waals surface area contributed by atoms with Crippen LogP contribution in [0.1, 0.15) is 12.8 Å². The highest BCUT2D eigenvalue weighted by molar-refractivity contribution is 7.13. The molecule has 1 N–H and O–H groups in total. The number of para-hydroxylation sites is 1. The molecule has 1 atom stereocenters. The number of hydrogen-bond donors (Lipinski definition) is 1. The lowest BCUT2D eigenvalue weighted by Gasteiger charge is -2.38. The number of nitrogens with zero attached hydrogens (tertiary/aromatic N) is 4. The summed E-state index contributed by atoms with van der Waals surface area (Å²) < 4.78 is 0. The Labute approximate surface area is 161 Å². The highest BCUT2D eigenvalue weighted by atomic mass is 32.1. The Morgan fingerprint density at radius 2 is 2.04 bits per heavy atom. The van der Waals surface area contributed by atoms with E-state index in [2.05, 4.69) is 27.7 Å². The smallest absolute Gasteiger partial charge is 0.317 e. The number of aromatic nitrogens is 2. The van der Waals surface area contributed by atoms with Crippen LogP contribution in [0.4, 0.5) is 10.6 Å². The van der Waals surface area contributed by atoms with Crippen molar-refractivity contribution in [2.75, 3.05) is 31.1 Å². The Kier molecular flexibility index (Phi) is 4.16. The molecule has 2 fully saturated rings. The lowest BCUT2D eigenvalue weighted by Crippen LogP contribution is -2.49.